The van der Waals surface area contributed by atoms with Gasteiger partial charge >= 0.3 is 117 Å². The molecule has 1 nitrogen and oxygen atoms in total. The predicted octanol–water partition coefficient (Wildman–Crippen LogP) is 6.07. The molecule has 0 aromatic carbocycles. The molecule has 0 aliphatic heterocycles. The molecule has 1 N–H and O–H groups in total. The maximum Gasteiger partial charge on any atom is -0.870 e. The van der Waals surface area contributed by atoms with Gasteiger partial charge in [-0.2, -0.15) is 0 Å². The van der Waals surface area contributed by atoms with Gasteiger partial charge < -0.3 is 5.48 Å². The second-order valence-corrected chi connectivity index (χ2v) is 7.13. The molecule has 108 valence electrons. The molecule has 0 unspecified atom stereocenters. The van der Waals surface area contributed by atoms with Crippen LogP contribution in [0.4, 0.5) is 0 Å². The third kappa shape index (κ3) is 18.8. The average molecular weight is 270 g/mol. The monoisotopic (exact) mass is 270 g/mol. The first-order chi connectivity index (χ1) is 8.41. The van der Waals surface area contributed by atoms with Crippen LogP contribution in [0.15, 0.2) is 0 Å². The Morgan fingerprint density at radius 1 is 0.500 bits per heavy atom. The summed E-state index contributed by atoms with van der Waals surface area (Å²) in [5.41, 5.74) is 0. The van der Waals surface area contributed by atoms with Crippen molar-refractivity contribution in [3.63, 3.8) is 0 Å². The maximum atomic E-state index is 2.30. The van der Waals surface area contributed by atoms with Crippen LogP contribution in [0.1, 0.15) is 90.9 Å². The van der Waals surface area contributed by atoms with E-state index in [1.54, 1.807) is 10.6 Å². The van der Waals surface area contributed by atoms with Gasteiger partial charge in [-0.3, -0.25) is 0 Å². The summed E-state index contributed by atoms with van der Waals surface area (Å²) in [6.45, 7) is 4.59. The van der Waals surface area contributed by atoms with Crippen LogP contribution in [0, 0.1) is 0 Å². The van der Waals surface area contributed by atoms with Gasteiger partial charge in [0.1, 0.15) is 0 Å². The predicted molar refractivity (Wildman–Crippen MR) is 84.1 cm³/mol. The van der Waals surface area contributed by atoms with Gasteiger partial charge in [-0.15, -0.1) is 0 Å². The van der Waals surface area contributed by atoms with Crippen molar-refractivity contribution < 1.29 is 5.48 Å². The molecule has 0 aromatic rings. The van der Waals surface area contributed by atoms with Gasteiger partial charge in [0, 0.05) is 0 Å². The molecule has 0 bridgehead atoms. The summed E-state index contributed by atoms with van der Waals surface area (Å²) in [6, 6.07) is 0. The van der Waals surface area contributed by atoms with Crippen molar-refractivity contribution >= 4 is 15.2 Å². The fourth-order valence-electron chi connectivity index (χ4n) is 2.28. The molecular formula is C16H35AlO. The van der Waals surface area contributed by atoms with Crippen LogP contribution in [-0.4, -0.2) is 20.7 Å². The molecule has 18 heavy (non-hydrogen) atoms. The Bertz CT molecular complexity index is 114. The van der Waals surface area contributed by atoms with Crippen molar-refractivity contribution in [2.45, 2.75) is 101 Å². The zero-order chi connectivity index (χ0) is 12.6. The summed E-state index contributed by atoms with van der Waals surface area (Å²) in [6.07, 6.45) is 17.6. The summed E-state index contributed by atoms with van der Waals surface area (Å²) in [5.74, 6) is 0. The SMILES string of the molecule is CCCCCCC[CH2][Al+][CH2]CCCCCCC.[OH-]. The van der Waals surface area contributed by atoms with E-state index in [0.29, 0.717) is 0 Å². The Morgan fingerprint density at radius 3 is 1.22 bits per heavy atom. The van der Waals surface area contributed by atoms with Gasteiger partial charge in [-0.25, -0.2) is 0 Å². The van der Waals surface area contributed by atoms with Crippen molar-refractivity contribution in [2.24, 2.45) is 0 Å². The molecular weight excluding hydrogens is 235 g/mol. The van der Waals surface area contributed by atoms with Crippen LogP contribution in [0.3, 0.4) is 0 Å². The third-order valence-corrected chi connectivity index (χ3v) is 5.16. The zero-order valence-electron chi connectivity index (χ0n) is 12.9. The normalized spacial score (nSPS) is 9.89. The number of rotatable bonds is 14. The summed E-state index contributed by atoms with van der Waals surface area (Å²) in [7, 11) is 0. The first kappa shape index (κ1) is 20.8. The summed E-state index contributed by atoms with van der Waals surface area (Å²) >= 11 is 0.794. The van der Waals surface area contributed by atoms with Gasteiger partial charge in [0.25, 0.3) is 0 Å². The minimum Gasteiger partial charge on any atom is -0.870 e. The molecule has 0 aromatic heterocycles. The van der Waals surface area contributed by atoms with E-state index in [0.717, 1.165) is 15.2 Å². The minimum absolute atomic E-state index is 0. The molecule has 2 heteroatoms. The Kier molecular flexibility index (Phi) is 22.9. The molecule has 0 rings (SSSR count). The number of unbranched alkanes of at least 4 members (excludes halogenated alkanes) is 10. The van der Waals surface area contributed by atoms with E-state index in [1.807, 2.05) is 0 Å². The smallest absolute Gasteiger partial charge is 0.870 e. The van der Waals surface area contributed by atoms with E-state index in [4.69, 9.17) is 0 Å². The van der Waals surface area contributed by atoms with Crippen LogP contribution in [0.25, 0.3) is 0 Å². The van der Waals surface area contributed by atoms with Crippen molar-refractivity contribution in [3.05, 3.63) is 0 Å². The van der Waals surface area contributed by atoms with Crippen molar-refractivity contribution in [1.29, 1.82) is 0 Å². The van der Waals surface area contributed by atoms with Gasteiger partial charge in [-0.05, 0) is 0 Å². The Morgan fingerprint density at radius 2 is 0.833 bits per heavy atom. The first-order valence-corrected chi connectivity index (χ1v) is 9.86. The molecule has 0 atom stereocenters. The number of hydrogen-bond acceptors (Lipinski definition) is 1. The van der Waals surface area contributed by atoms with Crippen molar-refractivity contribution in [3.8, 4) is 0 Å². The summed E-state index contributed by atoms with van der Waals surface area (Å²) in [5, 5.41) is 3.14. The van der Waals surface area contributed by atoms with Crippen LogP contribution in [0.2, 0.25) is 10.6 Å². The molecule has 0 radical (unpaired) electrons. The van der Waals surface area contributed by atoms with Crippen LogP contribution in [0.5, 0.6) is 0 Å². The number of hydrogen-bond donors (Lipinski definition) is 0. The molecule has 0 fully saturated rings. The summed E-state index contributed by atoms with van der Waals surface area (Å²) in [4.78, 5) is 0. The topological polar surface area (TPSA) is 30.0 Å². The van der Waals surface area contributed by atoms with Crippen LogP contribution >= 0.6 is 0 Å². The first-order valence-electron chi connectivity index (χ1n) is 8.23. The van der Waals surface area contributed by atoms with Gasteiger partial charge in [-0.1, -0.05) is 0 Å². The van der Waals surface area contributed by atoms with E-state index >= 15 is 0 Å². The molecule has 0 aliphatic carbocycles. The molecule has 0 saturated heterocycles. The molecule has 0 saturated carbocycles. The van der Waals surface area contributed by atoms with Crippen LogP contribution < -0.4 is 0 Å². The van der Waals surface area contributed by atoms with Crippen molar-refractivity contribution in [1.82, 2.24) is 0 Å². The van der Waals surface area contributed by atoms with Gasteiger partial charge in [0.05, 0.1) is 0 Å². The Balaban J connectivity index is 0. The Labute approximate surface area is 122 Å². The van der Waals surface area contributed by atoms with Gasteiger partial charge in [0.2, 0.25) is 0 Å². The van der Waals surface area contributed by atoms with Crippen LogP contribution in [-0.2, 0) is 0 Å². The third-order valence-electron chi connectivity index (χ3n) is 3.52. The fourth-order valence-corrected chi connectivity index (χ4v) is 3.73. The zero-order valence-corrected chi connectivity index (χ0v) is 14.1. The minimum atomic E-state index is 0. The van der Waals surface area contributed by atoms with E-state index in [9.17, 15) is 0 Å². The standard InChI is InChI=1S/2C8H17.Al.H2O/c2*1-3-5-7-8-6-4-2;;/h2*1,3-8H2,2H3;;1H2/q;;+1;/p-1. The second kappa shape index (κ2) is 19.8. The fraction of sp³-hybridized carbons (Fsp3) is 1.00. The van der Waals surface area contributed by atoms with E-state index in [-0.39, 0.29) is 5.48 Å². The van der Waals surface area contributed by atoms with E-state index < -0.39 is 0 Å². The molecule has 0 amide bonds. The Hall–Kier alpha value is 0.492. The van der Waals surface area contributed by atoms with E-state index in [1.165, 1.54) is 77.0 Å². The van der Waals surface area contributed by atoms with Gasteiger partial charge in [0.15, 0.2) is 0 Å². The molecule has 0 aliphatic rings. The quantitative estimate of drug-likeness (QED) is 0.278. The molecule has 0 spiro atoms. The van der Waals surface area contributed by atoms with E-state index in [2.05, 4.69) is 13.8 Å². The average Bonchev–Trinajstić information content (AvgIpc) is 2.35. The maximum absolute atomic E-state index is 2.30. The largest absolute Gasteiger partial charge is 0.870 e. The second-order valence-electron chi connectivity index (χ2n) is 5.40. The summed E-state index contributed by atoms with van der Waals surface area (Å²) < 4.78 is 0. The molecule has 0 heterocycles. The van der Waals surface area contributed by atoms with Crippen molar-refractivity contribution in [2.75, 3.05) is 0 Å².